The van der Waals surface area contributed by atoms with Crippen molar-refractivity contribution in [1.82, 2.24) is 4.90 Å². The van der Waals surface area contributed by atoms with E-state index in [4.69, 9.17) is 10.8 Å². The van der Waals surface area contributed by atoms with Crippen molar-refractivity contribution in [1.29, 1.82) is 0 Å². The van der Waals surface area contributed by atoms with Crippen LogP contribution in [-0.4, -0.2) is 36.8 Å². The van der Waals surface area contributed by atoms with Crippen LogP contribution < -0.4 is 5.73 Å². The molecule has 0 aromatic heterocycles. The van der Waals surface area contributed by atoms with Crippen molar-refractivity contribution in [2.75, 3.05) is 20.7 Å². The topological polar surface area (TPSA) is 49.5 Å². The molecule has 68 valence electrons. The monoisotopic (exact) mass is 180 g/mol. The van der Waals surface area contributed by atoms with Gasteiger partial charge in [0.25, 0.3) is 0 Å². The van der Waals surface area contributed by atoms with Crippen molar-refractivity contribution in [3.05, 3.63) is 12.3 Å². The number of hydrogen-bond donors (Lipinski definition) is 2. The SMILES string of the molecule is CN(C)/C=C/CC(N)CO.Cl. The number of hydrogen-bond acceptors (Lipinski definition) is 3. The zero-order valence-electron chi connectivity index (χ0n) is 7.03. The Morgan fingerprint density at radius 3 is 2.45 bits per heavy atom. The molecule has 0 aliphatic heterocycles. The van der Waals surface area contributed by atoms with Crippen molar-refractivity contribution in [2.24, 2.45) is 5.73 Å². The quantitative estimate of drug-likeness (QED) is 0.650. The van der Waals surface area contributed by atoms with Gasteiger partial charge in [0.15, 0.2) is 0 Å². The van der Waals surface area contributed by atoms with Gasteiger partial charge in [-0.15, -0.1) is 12.4 Å². The second-order valence-electron chi connectivity index (χ2n) is 2.53. The van der Waals surface area contributed by atoms with Crippen LogP contribution in [0.1, 0.15) is 6.42 Å². The normalized spacial score (nSPS) is 12.7. The van der Waals surface area contributed by atoms with Crippen molar-refractivity contribution >= 4 is 12.4 Å². The summed E-state index contributed by atoms with van der Waals surface area (Å²) >= 11 is 0. The van der Waals surface area contributed by atoms with Gasteiger partial charge in [0.1, 0.15) is 0 Å². The van der Waals surface area contributed by atoms with E-state index >= 15 is 0 Å². The standard InChI is InChI=1S/C7H16N2O.ClH/c1-9(2)5-3-4-7(8)6-10;/h3,5,7,10H,4,6,8H2,1-2H3;1H/b5-3+;. The van der Waals surface area contributed by atoms with Gasteiger partial charge in [-0.05, 0) is 12.6 Å². The molecule has 0 aromatic rings. The third-order valence-corrected chi connectivity index (χ3v) is 1.08. The second-order valence-corrected chi connectivity index (χ2v) is 2.53. The van der Waals surface area contributed by atoms with E-state index in [1.807, 2.05) is 31.3 Å². The van der Waals surface area contributed by atoms with E-state index in [-0.39, 0.29) is 25.1 Å². The Morgan fingerprint density at radius 2 is 2.09 bits per heavy atom. The van der Waals surface area contributed by atoms with Crippen LogP contribution in [0.4, 0.5) is 0 Å². The number of rotatable bonds is 4. The first-order valence-corrected chi connectivity index (χ1v) is 3.36. The Kier molecular flexibility index (Phi) is 9.53. The number of aliphatic hydroxyl groups excluding tert-OH is 1. The van der Waals surface area contributed by atoms with Gasteiger partial charge in [0.2, 0.25) is 0 Å². The van der Waals surface area contributed by atoms with E-state index in [9.17, 15) is 0 Å². The molecule has 1 atom stereocenters. The van der Waals surface area contributed by atoms with Crippen LogP contribution >= 0.6 is 12.4 Å². The van der Waals surface area contributed by atoms with Gasteiger partial charge in [0, 0.05) is 20.1 Å². The molecular weight excluding hydrogens is 164 g/mol. The minimum Gasteiger partial charge on any atom is -0.395 e. The van der Waals surface area contributed by atoms with Crippen LogP contribution in [0.3, 0.4) is 0 Å². The average Bonchev–Trinajstić information content (AvgIpc) is 1.87. The van der Waals surface area contributed by atoms with E-state index in [0.717, 1.165) is 6.42 Å². The predicted molar refractivity (Wildman–Crippen MR) is 49.8 cm³/mol. The maximum absolute atomic E-state index is 8.53. The lowest BCUT2D eigenvalue weighted by Gasteiger charge is -2.05. The van der Waals surface area contributed by atoms with Gasteiger partial charge in [0.05, 0.1) is 6.61 Å². The number of aliphatic hydroxyl groups is 1. The molecule has 3 N–H and O–H groups in total. The first kappa shape index (κ1) is 13.3. The van der Waals surface area contributed by atoms with Crippen LogP contribution in [0, 0.1) is 0 Å². The summed E-state index contributed by atoms with van der Waals surface area (Å²) in [4.78, 5) is 1.93. The Bertz CT molecular complexity index is 107. The largest absolute Gasteiger partial charge is 0.395 e. The molecular formula is C7H17ClN2O. The molecule has 0 rings (SSSR count). The molecule has 0 bridgehead atoms. The van der Waals surface area contributed by atoms with Crippen molar-refractivity contribution < 1.29 is 5.11 Å². The fraction of sp³-hybridized carbons (Fsp3) is 0.714. The van der Waals surface area contributed by atoms with Crippen LogP contribution in [0.15, 0.2) is 12.3 Å². The van der Waals surface area contributed by atoms with Crippen LogP contribution in [0.2, 0.25) is 0 Å². The molecule has 0 saturated carbocycles. The maximum Gasteiger partial charge on any atom is 0.0585 e. The number of nitrogens with two attached hydrogens (primary N) is 1. The smallest absolute Gasteiger partial charge is 0.0585 e. The molecule has 0 spiro atoms. The molecule has 0 saturated heterocycles. The van der Waals surface area contributed by atoms with Gasteiger partial charge in [-0.1, -0.05) is 6.08 Å². The molecule has 3 nitrogen and oxygen atoms in total. The Morgan fingerprint density at radius 1 is 1.55 bits per heavy atom. The average molecular weight is 181 g/mol. The fourth-order valence-corrected chi connectivity index (χ4v) is 0.521. The summed E-state index contributed by atoms with van der Waals surface area (Å²) in [7, 11) is 3.89. The highest BCUT2D eigenvalue weighted by Crippen LogP contribution is 1.89. The maximum atomic E-state index is 8.53. The van der Waals surface area contributed by atoms with Crippen LogP contribution in [0.25, 0.3) is 0 Å². The minimum absolute atomic E-state index is 0. The zero-order chi connectivity index (χ0) is 7.98. The zero-order valence-corrected chi connectivity index (χ0v) is 7.84. The highest BCUT2D eigenvalue weighted by molar-refractivity contribution is 5.85. The van der Waals surface area contributed by atoms with Crippen molar-refractivity contribution in [2.45, 2.75) is 12.5 Å². The van der Waals surface area contributed by atoms with Gasteiger partial charge in [-0.2, -0.15) is 0 Å². The highest BCUT2D eigenvalue weighted by atomic mass is 35.5. The fourth-order valence-electron chi connectivity index (χ4n) is 0.521. The summed E-state index contributed by atoms with van der Waals surface area (Å²) in [5.41, 5.74) is 5.44. The third-order valence-electron chi connectivity index (χ3n) is 1.08. The van der Waals surface area contributed by atoms with Crippen molar-refractivity contribution in [3.63, 3.8) is 0 Å². The second kappa shape index (κ2) is 7.85. The number of nitrogens with zero attached hydrogens (tertiary/aromatic N) is 1. The lowest BCUT2D eigenvalue weighted by Crippen LogP contribution is -2.23. The Hall–Kier alpha value is -0.250. The first-order chi connectivity index (χ1) is 4.66. The summed E-state index contributed by atoms with van der Waals surface area (Å²) in [5, 5.41) is 8.53. The summed E-state index contributed by atoms with van der Waals surface area (Å²) in [6.07, 6.45) is 4.60. The molecule has 0 amide bonds. The Labute approximate surface area is 74.3 Å². The van der Waals surface area contributed by atoms with Crippen molar-refractivity contribution in [3.8, 4) is 0 Å². The summed E-state index contributed by atoms with van der Waals surface area (Å²) in [6, 6.07) is -0.115. The molecule has 0 aromatic carbocycles. The van der Waals surface area contributed by atoms with E-state index < -0.39 is 0 Å². The molecule has 0 radical (unpaired) electrons. The molecule has 1 unspecified atom stereocenters. The molecule has 11 heavy (non-hydrogen) atoms. The van der Waals surface area contributed by atoms with Gasteiger partial charge >= 0.3 is 0 Å². The number of halogens is 1. The van der Waals surface area contributed by atoms with Gasteiger partial charge in [-0.25, -0.2) is 0 Å². The Balaban J connectivity index is 0. The third kappa shape index (κ3) is 9.75. The summed E-state index contributed by atoms with van der Waals surface area (Å²) in [5.74, 6) is 0. The lowest BCUT2D eigenvalue weighted by molar-refractivity contribution is 0.266. The predicted octanol–water partition coefficient (Wildman–Crippen LogP) is 0.193. The van der Waals surface area contributed by atoms with E-state index in [0.29, 0.717) is 0 Å². The van der Waals surface area contributed by atoms with Crippen LogP contribution in [0.5, 0.6) is 0 Å². The molecule has 0 fully saturated rings. The van der Waals surface area contributed by atoms with Crippen LogP contribution in [-0.2, 0) is 0 Å². The molecule has 0 aliphatic rings. The van der Waals surface area contributed by atoms with E-state index in [2.05, 4.69) is 0 Å². The summed E-state index contributed by atoms with van der Waals surface area (Å²) in [6.45, 7) is 0.0533. The van der Waals surface area contributed by atoms with Gasteiger partial charge < -0.3 is 15.7 Å². The lowest BCUT2D eigenvalue weighted by atomic mass is 10.2. The molecule has 4 heteroatoms. The first-order valence-electron chi connectivity index (χ1n) is 3.36. The molecule has 0 aliphatic carbocycles. The molecule has 0 heterocycles. The van der Waals surface area contributed by atoms with E-state index in [1.54, 1.807) is 0 Å². The van der Waals surface area contributed by atoms with Gasteiger partial charge in [-0.3, -0.25) is 0 Å². The highest BCUT2D eigenvalue weighted by Gasteiger charge is 1.94. The summed E-state index contributed by atoms with van der Waals surface area (Å²) < 4.78 is 0. The van der Waals surface area contributed by atoms with E-state index in [1.165, 1.54) is 0 Å². The minimum atomic E-state index is -0.115.